The van der Waals surface area contributed by atoms with Crippen molar-refractivity contribution in [1.82, 2.24) is 5.32 Å². The normalized spacial score (nSPS) is 11.1. The third-order valence-electron chi connectivity index (χ3n) is 1.74. The van der Waals surface area contributed by atoms with Gasteiger partial charge in [-0.15, -0.1) is 0 Å². The maximum Gasteiger partial charge on any atom is 0.0489 e. The molecule has 0 saturated heterocycles. The zero-order chi connectivity index (χ0) is 10.6. The molecule has 0 spiro atoms. The Hall–Kier alpha value is -0.120. The number of hydrogen-bond donors (Lipinski definition) is 1. The summed E-state index contributed by atoms with van der Waals surface area (Å²) in [6, 6.07) is 0. The quantitative estimate of drug-likeness (QED) is 0.548. The van der Waals surface area contributed by atoms with Crippen LogP contribution in [-0.4, -0.2) is 40.0 Å². The predicted molar refractivity (Wildman–Crippen MR) is 59.6 cm³/mol. The topological polar surface area (TPSA) is 30.5 Å². The van der Waals surface area contributed by atoms with Crippen LogP contribution in [0.3, 0.4) is 0 Å². The van der Waals surface area contributed by atoms with Crippen molar-refractivity contribution in [2.75, 3.05) is 40.0 Å². The minimum absolute atomic E-state index is 0.631. The summed E-state index contributed by atoms with van der Waals surface area (Å²) < 4.78 is 10.9. The fourth-order valence-electron chi connectivity index (χ4n) is 1.04. The van der Waals surface area contributed by atoms with Crippen LogP contribution in [0.2, 0.25) is 0 Å². The van der Waals surface area contributed by atoms with Crippen LogP contribution in [-0.2, 0) is 9.47 Å². The van der Waals surface area contributed by atoms with E-state index in [4.69, 9.17) is 9.47 Å². The lowest BCUT2D eigenvalue weighted by molar-refractivity contribution is 0.0709. The van der Waals surface area contributed by atoms with Crippen LogP contribution >= 0.6 is 0 Å². The van der Waals surface area contributed by atoms with E-state index in [-0.39, 0.29) is 0 Å². The summed E-state index contributed by atoms with van der Waals surface area (Å²) in [5.41, 5.74) is 0. The van der Waals surface area contributed by atoms with E-state index in [0.717, 1.165) is 45.8 Å². The highest BCUT2D eigenvalue weighted by Gasteiger charge is 1.93. The summed E-state index contributed by atoms with van der Waals surface area (Å²) in [6.45, 7) is 8.71. The molecule has 0 bridgehead atoms. The molecule has 0 aliphatic heterocycles. The van der Waals surface area contributed by atoms with Crippen LogP contribution in [0.25, 0.3) is 0 Å². The van der Waals surface area contributed by atoms with Crippen LogP contribution in [0.5, 0.6) is 0 Å². The van der Waals surface area contributed by atoms with Crippen LogP contribution in [0.15, 0.2) is 0 Å². The van der Waals surface area contributed by atoms with Crippen molar-refractivity contribution >= 4 is 0 Å². The molecule has 0 aromatic rings. The Bertz CT molecular complexity index is 107. The number of hydrogen-bond acceptors (Lipinski definition) is 3. The van der Waals surface area contributed by atoms with Gasteiger partial charge < -0.3 is 14.8 Å². The van der Waals surface area contributed by atoms with Crippen molar-refractivity contribution in [3.8, 4) is 0 Å². The second-order valence-corrected chi connectivity index (χ2v) is 3.89. The van der Waals surface area contributed by atoms with Gasteiger partial charge >= 0.3 is 0 Å². The van der Waals surface area contributed by atoms with Gasteiger partial charge in [0.2, 0.25) is 0 Å². The molecule has 0 rings (SSSR count). The van der Waals surface area contributed by atoms with Gasteiger partial charge in [-0.3, -0.25) is 0 Å². The van der Waals surface area contributed by atoms with Crippen LogP contribution in [0.1, 0.15) is 26.7 Å². The molecule has 14 heavy (non-hydrogen) atoms. The van der Waals surface area contributed by atoms with E-state index in [1.165, 1.54) is 0 Å². The molecular weight excluding hydrogens is 178 g/mol. The Labute approximate surface area is 88.2 Å². The molecule has 0 atom stereocenters. The second-order valence-electron chi connectivity index (χ2n) is 3.89. The third kappa shape index (κ3) is 11.9. The van der Waals surface area contributed by atoms with Crippen molar-refractivity contribution in [3.63, 3.8) is 0 Å². The van der Waals surface area contributed by atoms with E-state index in [0.29, 0.717) is 5.92 Å². The van der Waals surface area contributed by atoms with Gasteiger partial charge in [-0.05, 0) is 32.4 Å². The summed E-state index contributed by atoms with van der Waals surface area (Å²) in [5.74, 6) is 0.631. The highest BCUT2D eigenvalue weighted by atomic mass is 16.5. The van der Waals surface area contributed by atoms with Crippen molar-refractivity contribution in [2.45, 2.75) is 26.7 Å². The first-order valence-electron chi connectivity index (χ1n) is 5.57. The average Bonchev–Trinajstić information content (AvgIpc) is 2.15. The van der Waals surface area contributed by atoms with Crippen molar-refractivity contribution in [3.05, 3.63) is 0 Å². The molecule has 0 aromatic heterocycles. The Morgan fingerprint density at radius 2 is 1.64 bits per heavy atom. The smallest absolute Gasteiger partial charge is 0.0489 e. The zero-order valence-corrected chi connectivity index (χ0v) is 9.84. The van der Waals surface area contributed by atoms with Gasteiger partial charge in [0.15, 0.2) is 0 Å². The monoisotopic (exact) mass is 203 g/mol. The summed E-state index contributed by atoms with van der Waals surface area (Å²) in [5, 5.41) is 3.09. The lowest BCUT2D eigenvalue weighted by Gasteiger charge is -2.07. The second kappa shape index (κ2) is 11.0. The van der Waals surface area contributed by atoms with Gasteiger partial charge in [0.05, 0.1) is 0 Å². The van der Waals surface area contributed by atoms with Crippen molar-refractivity contribution in [2.24, 2.45) is 5.92 Å². The molecule has 0 radical (unpaired) electrons. The van der Waals surface area contributed by atoms with E-state index < -0.39 is 0 Å². The Balaban J connectivity index is 2.85. The van der Waals surface area contributed by atoms with Crippen molar-refractivity contribution in [1.29, 1.82) is 0 Å². The first-order valence-corrected chi connectivity index (χ1v) is 5.57. The largest absolute Gasteiger partial charge is 0.381 e. The van der Waals surface area contributed by atoms with Gasteiger partial charge in [-0.2, -0.15) is 0 Å². The maximum atomic E-state index is 5.43. The predicted octanol–water partition coefficient (Wildman–Crippen LogP) is 1.68. The first kappa shape index (κ1) is 13.9. The van der Waals surface area contributed by atoms with Crippen LogP contribution in [0.4, 0.5) is 0 Å². The van der Waals surface area contributed by atoms with Gasteiger partial charge in [0, 0.05) is 26.4 Å². The molecule has 3 nitrogen and oxygen atoms in total. The molecular formula is C11H25NO2. The molecule has 3 heteroatoms. The molecule has 0 saturated carbocycles. The molecule has 86 valence electrons. The fourth-order valence-corrected chi connectivity index (χ4v) is 1.04. The summed E-state index contributed by atoms with van der Waals surface area (Å²) in [7, 11) is 1.96. The third-order valence-corrected chi connectivity index (χ3v) is 1.74. The average molecular weight is 203 g/mol. The minimum Gasteiger partial charge on any atom is -0.381 e. The summed E-state index contributed by atoms with van der Waals surface area (Å²) >= 11 is 0. The van der Waals surface area contributed by atoms with Gasteiger partial charge in [0.1, 0.15) is 0 Å². The zero-order valence-electron chi connectivity index (χ0n) is 9.84. The lowest BCUT2D eigenvalue weighted by Crippen LogP contribution is -2.11. The molecule has 0 aliphatic rings. The van der Waals surface area contributed by atoms with Crippen LogP contribution < -0.4 is 5.32 Å². The molecule has 0 amide bonds. The molecule has 0 aromatic carbocycles. The standard InChI is InChI=1S/C11H25NO2/c1-11(2)10-14-9-5-8-13-7-4-6-12-3/h11-12H,4-10H2,1-3H3. The van der Waals surface area contributed by atoms with Crippen LogP contribution in [0, 0.1) is 5.92 Å². The maximum absolute atomic E-state index is 5.43. The van der Waals surface area contributed by atoms with Crippen molar-refractivity contribution < 1.29 is 9.47 Å². The van der Waals surface area contributed by atoms with E-state index in [1.54, 1.807) is 0 Å². The lowest BCUT2D eigenvalue weighted by atomic mass is 10.2. The highest BCUT2D eigenvalue weighted by Crippen LogP contribution is 1.93. The molecule has 0 fully saturated rings. The molecule has 1 N–H and O–H groups in total. The molecule has 0 unspecified atom stereocenters. The van der Waals surface area contributed by atoms with E-state index in [1.807, 2.05) is 7.05 Å². The van der Waals surface area contributed by atoms with E-state index in [9.17, 15) is 0 Å². The van der Waals surface area contributed by atoms with Gasteiger partial charge in [-0.1, -0.05) is 13.8 Å². The highest BCUT2D eigenvalue weighted by molar-refractivity contribution is 4.42. The van der Waals surface area contributed by atoms with Gasteiger partial charge in [0.25, 0.3) is 0 Å². The SMILES string of the molecule is CNCCCOCCCOCC(C)C. The van der Waals surface area contributed by atoms with E-state index in [2.05, 4.69) is 19.2 Å². The van der Waals surface area contributed by atoms with Gasteiger partial charge in [-0.25, -0.2) is 0 Å². The number of rotatable bonds is 10. The Morgan fingerprint density at radius 1 is 1.00 bits per heavy atom. The number of ether oxygens (including phenoxy) is 2. The fraction of sp³-hybridized carbons (Fsp3) is 1.00. The first-order chi connectivity index (χ1) is 6.77. The minimum atomic E-state index is 0.631. The number of nitrogens with one attached hydrogen (secondary N) is 1. The molecule has 0 heterocycles. The Morgan fingerprint density at radius 3 is 2.29 bits per heavy atom. The summed E-state index contributed by atoms with van der Waals surface area (Å²) in [4.78, 5) is 0. The van der Waals surface area contributed by atoms with E-state index >= 15 is 0 Å². The summed E-state index contributed by atoms with van der Waals surface area (Å²) in [6.07, 6.45) is 2.09. The Kier molecular flexibility index (Phi) is 10.9. The molecule has 0 aliphatic carbocycles.